The van der Waals surface area contributed by atoms with Gasteiger partial charge >= 0.3 is 5.97 Å². The average Bonchev–Trinajstić information content (AvgIpc) is 3.32. The number of benzene rings is 2. The number of thiophene rings is 1. The van der Waals surface area contributed by atoms with E-state index >= 15 is 0 Å². The molecule has 0 fully saturated rings. The van der Waals surface area contributed by atoms with E-state index in [1.165, 1.54) is 42.7 Å². The van der Waals surface area contributed by atoms with Crippen LogP contribution in [0.1, 0.15) is 36.0 Å². The summed E-state index contributed by atoms with van der Waals surface area (Å²) in [5, 5.41) is 3.90. The van der Waals surface area contributed by atoms with Gasteiger partial charge in [-0.15, -0.1) is 11.3 Å². The zero-order valence-corrected chi connectivity index (χ0v) is 16.7. The molecule has 0 radical (unpaired) electrons. The first-order valence-electron chi connectivity index (χ1n) is 8.82. The lowest BCUT2D eigenvalue weighted by atomic mass is 10.0. The molecule has 3 aromatic rings. The minimum Gasteiger partial charge on any atom is -0.497 e. The van der Waals surface area contributed by atoms with E-state index < -0.39 is 24.4 Å². The minimum absolute atomic E-state index is 0.0465. The van der Waals surface area contributed by atoms with Gasteiger partial charge in [0.25, 0.3) is 11.8 Å². The molecule has 152 valence electrons. The molecule has 0 aliphatic heterocycles. The maximum Gasteiger partial charge on any atom is 0.339 e. The molecule has 30 heavy (non-hydrogen) atoms. The molecule has 7 nitrogen and oxygen atoms in total. The third kappa shape index (κ3) is 4.98. The number of hydrogen-bond acceptors (Lipinski definition) is 7. The Kier molecular flexibility index (Phi) is 6.71. The van der Waals surface area contributed by atoms with Crippen molar-refractivity contribution in [2.75, 3.05) is 13.7 Å². The molecule has 2 amide bonds. The fraction of sp³-hybridized carbons (Fsp3) is 0.0909. The van der Waals surface area contributed by atoms with E-state index in [9.17, 15) is 19.2 Å². The molecule has 1 aromatic heterocycles. The van der Waals surface area contributed by atoms with Crippen LogP contribution >= 0.6 is 11.3 Å². The van der Waals surface area contributed by atoms with E-state index in [2.05, 4.69) is 5.32 Å². The van der Waals surface area contributed by atoms with Crippen LogP contribution < -0.4 is 10.1 Å². The molecule has 0 spiro atoms. The summed E-state index contributed by atoms with van der Waals surface area (Å²) in [7, 11) is 1.50. The molecule has 8 heteroatoms. The Morgan fingerprint density at radius 1 is 0.900 bits per heavy atom. The Morgan fingerprint density at radius 3 is 2.23 bits per heavy atom. The molecule has 0 unspecified atom stereocenters. The van der Waals surface area contributed by atoms with Gasteiger partial charge in [0.2, 0.25) is 5.78 Å². The van der Waals surface area contributed by atoms with Gasteiger partial charge in [0.1, 0.15) is 5.75 Å². The Morgan fingerprint density at radius 2 is 1.60 bits per heavy atom. The number of methoxy groups -OCH3 is 1. The normalized spacial score (nSPS) is 10.2. The van der Waals surface area contributed by atoms with E-state index in [0.29, 0.717) is 10.6 Å². The summed E-state index contributed by atoms with van der Waals surface area (Å²) < 4.78 is 10.0. The minimum atomic E-state index is -0.831. The summed E-state index contributed by atoms with van der Waals surface area (Å²) >= 11 is 1.26. The van der Waals surface area contributed by atoms with Gasteiger partial charge < -0.3 is 9.47 Å². The first kappa shape index (κ1) is 20.9. The standard InChI is InChI=1S/C22H17NO6S/c1-28-15-10-8-14(9-11-15)21(26)23-19(24)13-29-22(27)17-6-3-2-5-16(17)20(25)18-7-4-12-30-18/h2-12H,13H2,1H3,(H,23,24,26). The van der Waals surface area contributed by atoms with Crippen LogP contribution in [0.3, 0.4) is 0 Å². The summed E-state index contributed by atoms with van der Waals surface area (Å²) in [6.45, 7) is -0.664. The van der Waals surface area contributed by atoms with Crippen LogP contribution in [0.2, 0.25) is 0 Å². The van der Waals surface area contributed by atoms with Crippen molar-refractivity contribution in [3.05, 3.63) is 87.6 Å². The zero-order chi connectivity index (χ0) is 21.5. The third-order valence-electron chi connectivity index (χ3n) is 4.08. The Labute approximate surface area is 176 Å². The lowest BCUT2D eigenvalue weighted by Gasteiger charge is -2.09. The number of esters is 1. The van der Waals surface area contributed by atoms with E-state index in [4.69, 9.17) is 9.47 Å². The molecular weight excluding hydrogens is 406 g/mol. The summed E-state index contributed by atoms with van der Waals surface area (Å²) in [4.78, 5) is 49.6. The monoisotopic (exact) mass is 423 g/mol. The summed E-state index contributed by atoms with van der Waals surface area (Å²) in [5.74, 6) is -1.99. The molecular formula is C22H17NO6S. The van der Waals surface area contributed by atoms with Gasteiger partial charge in [0, 0.05) is 11.1 Å². The molecule has 2 aromatic carbocycles. The Balaban J connectivity index is 1.61. The van der Waals surface area contributed by atoms with Crippen molar-refractivity contribution in [1.82, 2.24) is 5.32 Å². The number of amides is 2. The second kappa shape index (κ2) is 9.62. The molecule has 1 heterocycles. The quantitative estimate of drug-likeness (QED) is 0.463. The smallest absolute Gasteiger partial charge is 0.339 e. The van der Waals surface area contributed by atoms with Crippen molar-refractivity contribution in [1.29, 1.82) is 0 Å². The zero-order valence-electron chi connectivity index (χ0n) is 15.9. The fourth-order valence-corrected chi connectivity index (χ4v) is 3.26. The first-order chi connectivity index (χ1) is 14.5. The molecule has 0 atom stereocenters. The topological polar surface area (TPSA) is 98.8 Å². The van der Waals surface area contributed by atoms with Crippen molar-refractivity contribution in [3.63, 3.8) is 0 Å². The van der Waals surface area contributed by atoms with Gasteiger partial charge in [-0.25, -0.2) is 4.79 Å². The third-order valence-corrected chi connectivity index (χ3v) is 4.94. The largest absolute Gasteiger partial charge is 0.497 e. The number of carbonyl (C=O) groups excluding carboxylic acids is 4. The second-order valence-electron chi connectivity index (χ2n) is 6.03. The summed E-state index contributed by atoms with van der Waals surface area (Å²) in [6.07, 6.45) is 0. The van der Waals surface area contributed by atoms with E-state index in [0.717, 1.165) is 0 Å². The molecule has 0 aliphatic carbocycles. The number of imide groups is 1. The number of rotatable bonds is 7. The highest BCUT2D eigenvalue weighted by atomic mass is 32.1. The van der Waals surface area contributed by atoms with Crippen molar-refractivity contribution in [2.24, 2.45) is 0 Å². The second-order valence-corrected chi connectivity index (χ2v) is 6.98. The van der Waals surface area contributed by atoms with Crippen molar-refractivity contribution in [2.45, 2.75) is 0 Å². The fourth-order valence-electron chi connectivity index (χ4n) is 2.59. The highest BCUT2D eigenvalue weighted by Gasteiger charge is 2.21. The number of hydrogen-bond donors (Lipinski definition) is 1. The van der Waals surface area contributed by atoms with Crippen molar-refractivity contribution >= 4 is 34.9 Å². The lowest BCUT2D eigenvalue weighted by molar-refractivity contribution is -0.123. The van der Waals surface area contributed by atoms with Crippen LogP contribution in [0.5, 0.6) is 5.75 Å². The molecule has 1 N–H and O–H groups in total. The SMILES string of the molecule is COc1ccc(C(=O)NC(=O)COC(=O)c2ccccc2C(=O)c2cccs2)cc1. The number of ketones is 1. The number of nitrogens with one attached hydrogen (secondary N) is 1. The molecule has 3 rings (SSSR count). The molecule has 0 saturated heterocycles. The summed E-state index contributed by atoms with van der Waals surface area (Å²) in [6, 6.07) is 15.8. The van der Waals surface area contributed by atoms with E-state index in [1.807, 2.05) is 0 Å². The van der Waals surface area contributed by atoms with Crippen LogP contribution in [0.15, 0.2) is 66.0 Å². The number of ether oxygens (including phenoxy) is 2. The molecule has 0 bridgehead atoms. The molecule has 0 saturated carbocycles. The highest BCUT2D eigenvalue weighted by molar-refractivity contribution is 7.12. The van der Waals surface area contributed by atoms with E-state index in [-0.39, 0.29) is 22.5 Å². The molecule has 0 aliphatic rings. The van der Waals surface area contributed by atoms with Crippen molar-refractivity contribution < 1.29 is 28.7 Å². The van der Waals surface area contributed by atoms with Gasteiger partial charge in [-0.3, -0.25) is 19.7 Å². The number of carbonyl (C=O) groups is 4. The van der Waals surface area contributed by atoms with Gasteiger partial charge in [0.05, 0.1) is 17.6 Å². The van der Waals surface area contributed by atoms with Gasteiger partial charge in [-0.2, -0.15) is 0 Å². The van der Waals surface area contributed by atoms with Gasteiger partial charge in [-0.1, -0.05) is 24.3 Å². The van der Waals surface area contributed by atoms with Crippen LogP contribution in [-0.2, 0) is 9.53 Å². The average molecular weight is 423 g/mol. The van der Waals surface area contributed by atoms with Crippen LogP contribution in [0.4, 0.5) is 0 Å². The maximum atomic E-state index is 12.6. The van der Waals surface area contributed by atoms with Gasteiger partial charge in [0.15, 0.2) is 6.61 Å². The first-order valence-corrected chi connectivity index (χ1v) is 9.70. The van der Waals surface area contributed by atoms with Gasteiger partial charge in [-0.05, 0) is 41.8 Å². The van der Waals surface area contributed by atoms with Crippen LogP contribution in [0.25, 0.3) is 0 Å². The Bertz CT molecular complexity index is 1070. The predicted molar refractivity (Wildman–Crippen MR) is 110 cm³/mol. The Hall–Kier alpha value is -3.78. The highest BCUT2D eigenvalue weighted by Crippen LogP contribution is 2.19. The van der Waals surface area contributed by atoms with Crippen LogP contribution in [-0.4, -0.2) is 37.3 Å². The van der Waals surface area contributed by atoms with Crippen molar-refractivity contribution in [3.8, 4) is 5.75 Å². The lowest BCUT2D eigenvalue weighted by Crippen LogP contribution is -2.34. The predicted octanol–water partition coefficient (Wildman–Crippen LogP) is 3.10. The summed E-state index contributed by atoms with van der Waals surface area (Å²) in [5.41, 5.74) is 0.479. The maximum absolute atomic E-state index is 12.6. The van der Waals surface area contributed by atoms with E-state index in [1.54, 1.807) is 41.8 Å². The van der Waals surface area contributed by atoms with Crippen LogP contribution in [0, 0.1) is 0 Å².